The van der Waals surface area contributed by atoms with Crippen LogP contribution in [-0.2, 0) is 9.59 Å². The highest BCUT2D eigenvalue weighted by Crippen LogP contribution is 2.28. The van der Waals surface area contributed by atoms with Crippen LogP contribution in [0.3, 0.4) is 0 Å². The number of nitrogens with two attached hydrogens (primary N) is 2. The van der Waals surface area contributed by atoms with Crippen molar-refractivity contribution in [1.29, 1.82) is 0 Å². The summed E-state index contributed by atoms with van der Waals surface area (Å²) in [6.07, 6.45) is 5.11. The Morgan fingerprint density at radius 3 is 2.34 bits per heavy atom. The van der Waals surface area contributed by atoms with Gasteiger partial charge in [-0.05, 0) is 48.3 Å². The summed E-state index contributed by atoms with van der Waals surface area (Å²) in [6.45, 7) is 8.14. The lowest BCUT2D eigenvalue weighted by molar-refractivity contribution is -0.132. The molecule has 4 rings (SSSR count). The molecule has 2 unspecified atom stereocenters. The third kappa shape index (κ3) is 10.9. The van der Waals surface area contributed by atoms with E-state index in [2.05, 4.69) is 36.5 Å². The van der Waals surface area contributed by atoms with Crippen LogP contribution < -0.4 is 22.2 Å². The molecule has 4 atom stereocenters. The fraction of sp³-hybridized carbons (Fsp3) is 0.514. The molecule has 1 saturated carbocycles. The second-order valence-corrected chi connectivity index (χ2v) is 14.1. The van der Waals surface area contributed by atoms with Gasteiger partial charge < -0.3 is 21.9 Å². The van der Waals surface area contributed by atoms with E-state index in [1.165, 1.54) is 19.3 Å². The Kier molecular flexibility index (Phi) is 13.0. The smallest absolute Gasteiger partial charge is 0.270 e. The summed E-state index contributed by atoms with van der Waals surface area (Å²) >= 11 is 0. The number of nitrogens with one attached hydrogen (secondary N) is 2. The zero-order chi connectivity index (χ0) is 34.0. The second-order valence-electron chi connectivity index (χ2n) is 14.1. The number of aromatic nitrogens is 1. The Morgan fingerprint density at radius 2 is 1.66 bits per heavy atom. The molecule has 254 valence electrons. The van der Waals surface area contributed by atoms with Crippen molar-refractivity contribution in [3.05, 3.63) is 78.0 Å². The molecule has 2 amide bonds. The minimum atomic E-state index is -1.32. The molecule has 0 spiro atoms. The first-order chi connectivity index (χ1) is 22.4. The Bertz CT molecular complexity index is 1470. The topological polar surface area (TPSA) is 164 Å². The van der Waals surface area contributed by atoms with Crippen molar-refractivity contribution in [2.45, 2.75) is 83.9 Å². The lowest BCUT2D eigenvalue weighted by Crippen LogP contribution is -2.54. The van der Waals surface area contributed by atoms with Crippen molar-refractivity contribution in [1.82, 2.24) is 20.7 Å². The van der Waals surface area contributed by atoms with Crippen LogP contribution in [0.25, 0.3) is 10.9 Å². The summed E-state index contributed by atoms with van der Waals surface area (Å²) in [5.74, 6) is -2.62. The highest BCUT2D eigenvalue weighted by atomic mass is 16.3. The molecule has 0 saturated heterocycles. The number of Topliss-reactive ketones (excluding diaryl/α,β-unsaturated/α-hetero) is 1. The van der Waals surface area contributed by atoms with Crippen molar-refractivity contribution in [3.8, 4) is 0 Å². The predicted octanol–water partition coefficient (Wildman–Crippen LogP) is 4.28. The second kappa shape index (κ2) is 16.9. The van der Waals surface area contributed by atoms with Gasteiger partial charge in [-0.1, -0.05) is 94.6 Å². The summed E-state index contributed by atoms with van der Waals surface area (Å²) in [6, 6.07) is 17.6. The van der Waals surface area contributed by atoms with Gasteiger partial charge in [0.15, 0.2) is 5.78 Å². The maximum absolute atomic E-state index is 14.4. The Morgan fingerprint density at radius 1 is 0.979 bits per heavy atom. The van der Waals surface area contributed by atoms with Crippen molar-refractivity contribution in [2.24, 2.45) is 28.7 Å². The largest absolute Gasteiger partial charge is 0.391 e. The number of ketones is 1. The van der Waals surface area contributed by atoms with Gasteiger partial charge in [-0.3, -0.25) is 19.8 Å². The number of pyridine rings is 1. The monoisotopic (exact) mass is 644 g/mol. The number of nitrogens with zero attached hydrogens (tertiary/aromatic N) is 2. The van der Waals surface area contributed by atoms with Crippen LogP contribution in [0.15, 0.2) is 66.7 Å². The molecule has 10 nitrogen and oxygen atoms in total. The SMILES string of the molecule is CC(C)(C)CCNN(CC1CCCCC1)C[C@H](O)C(C(=O)[C@H](CC(N)=O)NC(=O)c1ccc2ccccc2n1)C(N)c1ccccc1. The molecule has 1 aliphatic carbocycles. The number of hydrogen-bond donors (Lipinski definition) is 5. The summed E-state index contributed by atoms with van der Waals surface area (Å²) in [7, 11) is 0. The summed E-state index contributed by atoms with van der Waals surface area (Å²) in [5, 5.41) is 17.5. The van der Waals surface area contributed by atoms with Crippen molar-refractivity contribution >= 4 is 28.5 Å². The zero-order valence-electron chi connectivity index (χ0n) is 28.0. The maximum atomic E-state index is 14.4. The average molecular weight is 645 g/mol. The van der Waals surface area contributed by atoms with E-state index >= 15 is 0 Å². The van der Waals surface area contributed by atoms with Crippen LogP contribution in [0.4, 0.5) is 0 Å². The van der Waals surface area contributed by atoms with E-state index in [-0.39, 0.29) is 17.7 Å². The molecule has 1 aliphatic rings. The number of hydrazine groups is 1. The van der Waals surface area contributed by atoms with E-state index < -0.39 is 48.1 Å². The lowest BCUT2D eigenvalue weighted by atomic mass is 9.82. The number of para-hydroxylation sites is 1. The molecule has 47 heavy (non-hydrogen) atoms. The highest BCUT2D eigenvalue weighted by Gasteiger charge is 2.39. The molecular formula is C37H52N6O4. The van der Waals surface area contributed by atoms with Crippen LogP contribution in [0, 0.1) is 17.3 Å². The van der Waals surface area contributed by atoms with Crippen molar-refractivity contribution in [2.75, 3.05) is 19.6 Å². The Labute approximate surface area is 278 Å². The number of hydrogen-bond acceptors (Lipinski definition) is 8. The van der Waals surface area contributed by atoms with E-state index in [4.69, 9.17) is 11.5 Å². The predicted molar refractivity (Wildman–Crippen MR) is 185 cm³/mol. The van der Waals surface area contributed by atoms with Gasteiger partial charge in [0.25, 0.3) is 5.91 Å². The summed E-state index contributed by atoms with van der Waals surface area (Å²) in [4.78, 5) is 44.5. The molecule has 3 aromatic rings. The molecule has 2 aromatic carbocycles. The van der Waals surface area contributed by atoms with Gasteiger partial charge in [-0.25, -0.2) is 9.99 Å². The lowest BCUT2D eigenvalue weighted by Gasteiger charge is -2.36. The maximum Gasteiger partial charge on any atom is 0.270 e. The van der Waals surface area contributed by atoms with Gasteiger partial charge in [-0.2, -0.15) is 0 Å². The fourth-order valence-electron chi connectivity index (χ4n) is 6.38. The molecule has 10 heteroatoms. The molecule has 1 heterocycles. The van der Waals surface area contributed by atoms with Gasteiger partial charge in [0, 0.05) is 31.1 Å². The van der Waals surface area contributed by atoms with E-state index in [0.29, 0.717) is 23.5 Å². The van der Waals surface area contributed by atoms with E-state index in [9.17, 15) is 19.5 Å². The van der Waals surface area contributed by atoms with Crippen molar-refractivity contribution < 1.29 is 19.5 Å². The number of fused-ring (bicyclic) bond motifs is 1. The van der Waals surface area contributed by atoms with Crippen LogP contribution in [0.5, 0.6) is 0 Å². The first kappa shape index (κ1) is 36.1. The number of carbonyl (C=O) groups is 3. The molecule has 0 radical (unpaired) electrons. The minimum absolute atomic E-state index is 0.0946. The molecular weight excluding hydrogens is 592 g/mol. The van der Waals surface area contributed by atoms with E-state index in [1.807, 2.05) is 41.4 Å². The van der Waals surface area contributed by atoms with Gasteiger partial charge in [0.2, 0.25) is 5.91 Å². The molecule has 0 aliphatic heterocycles. The highest BCUT2D eigenvalue weighted by molar-refractivity contribution is 6.00. The summed E-state index contributed by atoms with van der Waals surface area (Å²) < 4.78 is 0. The zero-order valence-corrected chi connectivity index (χ0v) is 28.0. The average Bonchev–Trinajstić information content (AvgIpc) is 3.04. The molecule has 0 bridgehead atoms. The number of aliphatic hydroxyl groups is 1. The fourth-order valence-corrected chi connectivity index (χ4v) is 6.38. The van der Waals surface area contributed by atoms with Gasteiger partial charge in [0.05, 0.1) is 30.0 Å². The van der Waals surface area contributed by atoms with E-state index in [0.717, 1.165) is 31.2 Å². The minimum Gasteiger partial charge on any atom is -0.391 e. The molecule has 7 N–H and O–H groups in total. The van der Waals surface area contributed by atoms with Gasteiger partial charge >= 0.3 is 0 Å². The number of primary amides is 1. The third-order valence-corrected chi connectivity index (χ3v) is 9.02. The van der Waals surface area contributed by atoms with E-state index in [1.54, 1.807) is 30.3 Å². The molecule has 1 fully saturated rings. The first-order valence-electron chi connectivity index (χ1n) is 16.9. The Hall–Kier alpha value is -3.70. The normalized spacial score (nSPS) is 16.8. The number of rotatable bonds is 16. The number of amides is 2. The number of aliphatic hydroxyl groups excluding tert-OH is 1. The Balaban J connectivity index is 1.60. The quantitative estimate of drug-likeness (QED) is 0.144. The number of benzene rings is 2. The van der Waals surface area contributed by atoms with Gasteiger partial charge in [0.1, 0.15) is 5.69 Å². The van der Waals surface area contributed by atoms with Crippen LogP contribution in [0.1, 0.15) is 87.8 Å². The molecule has 1 aromatic heterocycles. The summed E-state index contributed by atoms with van der Waals surface area (Å²) in [5.41, 5.74) is 17.4. The van der Waals surface area contributed by atoms with Gasteiger partial charge in [-0.15, -0.1) is 0 Å². The van der Waals surface area contributed by atoms with Crippen LogP contribution in [0.2, 0.25) is 0 Å². The standard InChI is InChI=1S/C37H52N6O4/c1-37(2,3)20-21-40-43(23-25-12-6-4-7-13-25)24-31(44)33(34(39)27-15-8-5-9-16-27)35(46)30(22-32(38)45)42-36(47)29-19-18-26-14-10-11-17-28(26)41-29/h5,8-11,14-19,25,30-31,33-34,40,44H,4,6-7,12-13,20-24,39H2,1-3H3,(H2,38,45)(H,42,47)/t30-,31-,33?,34?/m0/s1. The third-order valence-electron chi connectivity index (χ3n) is 9.02. The van der Waals surface area contributed by atoms with Crippen LogP contribution in [-0.4, -0.2) is 64.5 Å². The van der Waals surface area contributed by atoms with Crippen LogP contribution >= 0.6 is 0 Å². The van der Waals surface area contributed by atoms with Crippen molar-refractivity contribution in [3.63, 3.8) is 0 Å². The number of carbonyl (C=O) groups excluding carboxylic acids is 3. The first-order valence-corrected chi connectivity index (χ1v) is 16.9.